The predicted molar refractivity (Wildman–Crippen MR) is 68.6 cm³/mol. The van der Waals surface area contributed by atoms with Crippen molar-refractivity contribution in [1.82, 2.24) is 15.0 Å². The molecule has 0 aliphatic heterocycles. The molecule has 94 valence electrons. The molecule has 2 heterocycles. The van der Waals surface area contributed by atoms with Gasteiger partial charge in [0.25, 0.3) is 5.56 Å². The number of aromatic nitrogens is 3. The summed E-state index contributed by atoms with van der Waals surface area (Å²) in [5, 5.41) is 9.88. The molecule has 2 aromatic rings. The summed E-state index contributed by atoms with van der Waals surface area (Å²) in [6.45, 7) is 3.43. The van der Waals surface area contributed by atoms with E-state index in [9.17, 15) is 9.90 Å². The van der Waals surface area contributed by atoms with Gasteiger partial charge in [-0.15, -0.1) is 0 Å². The third kappa shape index (κ3) is 3.18. The van der Waals surface area contributed by atoms with E-state index >= 15 is 0 Å². The average molecular weight is 263 g/mol. The zero-order valence-electron chi connectivity index (χ0n) is 10.0. The number of H-pyrrole nitrogens is 1. The van der Waals surface area contributed by atoms with Gasteiger partial charge in [-0.25, -0.2) is 4.98 Å². The van der Waals surface area contributed by atoms with Crippen LogP contribution < -0.4 is 5.56 Å². The van der Waals surface area contributed by atoms with Gasteiger partial charge in [-0.2, -0.15) is 0 Å². The van der Waals surface area contributed by atoms with Crippen LogP contribution in [0.1, 0.15) is 24.4 Å². The van der Waals surface area contributed by atoms with E-state index in [-0.39, 0.29) is 5.56 Å². The zero-order valence-corrected chi connectivity index (χ0v) is 10.9. The van der Waals surface area contributed by atoms with Crippen LogP contribution in [0.2, 0.25) is 0 Å². The third-order valence-electron chi connectivity index (χ3n) is 2.25. The molecule has 0 aliphatic rings. The van der Waals surface area contributed by atoms with E-state index in [2.05, 4.69) is 15.0 Å². The average Bonchev–Trinajstić information content (AvgIpc) is 2.28. The molecule has 0 fully saturated rings. The fraction of sp³-hybridized carbons (Fsp3) is 0.250. The van der Waals surface area contributed by atoms with Crippen LogP contribution in [0.3, 0.4) is 0 Å². The second-order valence-corrected chi connectivity index (χ2v) is 4.95. The maximum atomic E-state index is 11.3. The lowest BCUT2D eigenvalue weighted by Gasteiger charge is -2.05. The summed E-state index contributed by atoms with van der Waals surface area (Å²) >= 11 is 1.33. The molecule has 0 aromatic carbocycles. The standard InChI is InChI=1S/C12H13N3O2S/c1-7-5-11(17)15-12(14-7)18-9-3-4-10(8(2)16)13-6-9/h3-6,8,16H,1-2H3,(H,14,15,17). The summed E-state index contributed by atoms with van der Waals surface area (Å²) in [4.78, 5) is 23.1. The van der Waals surface area contributed by atoms with Gasteiger partial charge >= 0.3 is 0 Å². The monoisotopic (exact) mass is 263 g/mol. The maximum absolute atomic E-state index is 11.3. The lowest BCUT2D eigenvalue weighted by molar-refractivity contribution is 0.194. The fourth-order valence-electron chi connectivity index (χ4n) is 1.41. The van der Waals surface area contributed by atoms with Crippen molar-refractivity contribution < 1.29 is 5.11 Å². The molecular formula is C12H13N3O2S. The Labute approximate surface area is 108 Å². The predicted octanol–water partition coefficient (Wildman–Crippen LogP) is 1.68. The van der Waals surface area contributed by atoms with E-state index in [0.29, 0.717) is 16.5 Å². The quantitative estimate of drug-likeness (QED) is 0.824. The van der Waals surface area contributed by atoms with Crippen LogP contribution in [0.15, 0.2) is 39.2 Å². The molecule has 2 N–H and O–H groups in total. The second kappa shape index (κ2) is 5.32. The smallest absolute Gasteiger partial charge is 0.251 e. The molecule has 2 aromatic heterocycles. The Morgan fingerprint density at radius 1 is 1.44 bits per heavy atom. The molecule has 0 saturated carbocycles. The minimum Gasteiger partial charge on any atom is -0.387 e. The van der Waals surface area contributed by atoms with Crippen LogP contribution in [0, 0.1) is 6.92 Å². The van der Waals surface area contributed by atoms with E-state index in [1.165, 1.54) is 17.8 Å². The number of aromatic amines is 1. The molecule has 2 rings (SSSR count). The highest BCUT2D eigenvalue weighted by Gasteiger charge is 2.05. The summed E-state index contributed by atoms with van der Waals surface area (Å²) in [5.74, 6) is 0. The van der Waals surface area contributed by atoms with Crippen LogP contribution in [-0.4, -0.2) is 20.1 Å². The maximum Gasteiger partial charge on any atom is 0.251 e. The molecule has 0 amide bonds. The van der Waals surface area contributed by atoms with Gasteiger partial charge in [0.15, 0.2) is 5.16 Å². The van der Waals surface area contributed by atoms with Crippen LogP contribution in [0.4, 0.5) is 0 Å². The van der Waals surface area contributed by atoms with Crippen molar-refractivity contribution in [1.29, 1.82) is 0 Å². The van der Waals surface area contributed by atoms with Crippen molar-refractivity contribution >= 4 is 11.8 Å². The lowest BCUT2D eigenvalue weighted by Crippen LogP contribution is -2.07. The number of hydrogen-bond donors (Lipinski definition) is 2. The molecule has 5 nitrogen and oxygen atoms in total. The largest absolute Gasteiger partial charge is 0.387 e. The topological polar surface area (TPSA) is 78.9 Å². The van der Waals surface area contributed by atoms with Crippen molar-refractivity contribution in [3.05, 3.63) is 46.1 Å². The normalized spacial score (nSPS) is 12.4. The molecule has 1 unspecified atom stereocenters. The molecule has 18 heavy (non-hydrogen) atoms. The number of pyridine rings is 1. The van der Waals surface area contributed by atoms with Gasteiger partial charge in [-0.3, -0.25) is 9.78 Å². The van der Waals surface area contributed by atoms with Crippen LogP contribution >= 0.6 is 11.8 Å². The summed E-state index contributed by atoms with van der Waals surface area (Å²) in [6.07, 6.45) is 1.07. The number of aliphatic hydroxyl groups excluding tert-OH is 1. The first-order valence-corrected chi connectivity index (χ1v) is 6.26. The van der Waals surface area contributed by atoms with Gasteiger partial charge in [-0.05, 0) is 26.0 Å². The fourth-order valence-corrected chi connectivity index (χ4v) is 2.22. The van der Waals surface area contributed by atoms with Crippen molar-refractivity contribution in [2.75, 3.05) is 0 Å². The van der Waals surface area contributed by atoms with Crippen molar-refractivity contribution in [3.63, 3.8) is 0 Å². The van der Waals surface area contributed by atoms with E-state index in [4.69, 9.17) is 0 Å². The van der Waals surface area contributed by atoms with Crippen LogP contribution in [0.25, 0.3) is 0 Å². The molecular weight excluding hydrogens is 250 g/mol. The number of nitrogens with zero attached hydrogens (tertiary/aromatic N) is 2. The van der Waals surface area contributed by atoms with Crippen molar-refractivity contribution in [2.24, 2.45) is 0 Å². The highest BCUT2D eigenvalue weighted by atomic mass is 32.2. The van der Waals surface area contributed by atoms with Gasteiger partial charge < -0.3 is 10.1 Å². The van der Waals surface area contributed by atoms with Gasteiger partial charge in [0.2, 0.25) is 0 Å². The molecule has 0 aliphatic carbocycles. The van der Waals surface area contributed by atoms with Crippen molar-refractivity contribution in [2.45, 2.75) is 30.0 Å². The minimum atomic E-state index is -0.582. The van der Waals surface area contributed by atoms with Gasteiger partial charge in [0.1, 0.15) is 0 Å². The number of aliphatic hydroxyl groups is 1. The van der Waals surface area contributed by atoms with E-state index < -0.39 is 6.10 Å². The van der Waals surface area contributed by atoms with E-state index in [0.717, 1.165) is 4.90 Å². The Hall–Kier alpha value is -1.66. The van der Waals surface area contributed by atoms with Gasteiger partial charge in [-0.1, -0.05) is 11.8 Å². The summed E-state index contributed by atoms with van der Waals surface area (Å²) in [6, 6.07) is 5.03. The molecule has 1 atom stereocenters. The number of nitrogens with one attached hydrogen (secondary N) is 1. The molecule has 0 spiro atoms. The number of rotatable bonds is 3. The Balaban J connectivity index is 2.20. The highest BCUT2D eigenvalue weighted by molar-refractivity contribution is 7.99. The lowest BCUT2D eigenvalue weighted by atomic mass is 10.2. The van der Waals surface area contributed by atoms with E-state index in [1.54, 1.807) is 26.1 Å². The van der Waals surface area contributed by atoms with E-state index in [1.807, 2.05) is 6.07 Å². The third-order valence-corrected chi connectivity index (χ3v) is 3.11. The Morgan fingerprint density at radius 2 is 2.22 bits per heavy atom. The first kappa shape index (κ1) is 12.8. The zero-order chi connectivity index (χ0) is 13.1. The summed E-state index contributed by atoms with van der Waals surface area (Å²) in [5.41, 5.74) is 1.12. The SMILES string of the molecule is Cc1cc(=O)[nH]c(Sc2ccc(C(C)O)nc2)n1. The second-order valence-electron chi connectivity index (χ2n) is 3.89. The van der Waals surface area contributed by atoms with Crippen LogP contribution in [-0.2, 0) is 0 Å². The first-order valence-electron chi connectivity index (χ1n) is 5.44. The Bertz CT molecular complexity index is 593. The van der Waals surface area contributed by atoms with Gasteiger partial charge in [0, 0.05) is 22.9 Å². The Morgan fingerprint density at radius 3 is 2.78 bits per heavy atom. The van der Waals surface area contributed by atoms with Crippen LogP contribution in [0.5, 0.6) is 0 Å². The Kier molecular flexibility index (Phi) is 3.78. The molecule has 0 radical (unpaired) electrons. The molecule has 0 saturated heterocycles. The first-order chi connectivity index (χ1) is 8.54. The summed E-state index contributed by atoms with van der Waals surface area (Å²) in [7, 11) is 0. The molecule has 0 bridgehead atoms. The summed E-state index contributed by atoms with van der Waals surface area (Å²) < 4.78 is 0. The number of hydrogen-bond acceptors (Lipinski definition) is 5. The number of aryl methyl sites for hydroxylation is 1. The minimum absolute atomic E-state index is 0.168. The molecule has 6 heteroatoms. The van der Waals surface area contributed by atoms with Crippen molar-refractivity contribution in [3.8, 4) is 0 Å². The van der Waals surface area contributed by atoms with Gasteiger partial charge in [0.05, 0.1) is 11.8 Å². The highest BCUT2D eigenvalue weighted by Crippen LogP contribution is 2.23.